The van der Waals surface area contributed by atoms with E-state index in [1.165, 1.54) is 6.08 Å². The van der Waals surface area contributed by atoms with Crippen LogP contribution in [0.5, 0.6) is 5.75 Å². The number of rotatable bonds is 10. The van der Waals surface area contributed by atoms with Crippen LogP contribution in [0.3, 0.4) is 0 Å². The Bertz CT molecular complexity index is 1190. The minimum atomic E-state index is -0.899. The first-order valence-corrected chi connectivity index (χ1v) is 10.9. The second-order valence-electron chi connectivity index (χ2n) is 7.72. The summed E-state index contributed by atoms with van der Waals surface area (Å²) in [5.74, 6) is -1.71. The average Bonchev–Trinajstić information content (AvgIpc) is 2.85. The zero-order chi connectivity index (χ0) is 24.7. The molecule has 0 aliphatic heterocycles. The lowest BCUT2D eigenvalue weighted by Crippen LogP contribution is -1.95. The number of hydrogen-bond acceptors (Lipinski definition) is 2. The first kappa shape index (κ1) is 24.9. The number of benzene rings is 3. The van der Waals surface area contributed by atoms with Crippen molar-refractivity contribution in [3.63, 3.8) is 0 Å². The molecule has 0 atom stereocenters. The van der Waals surface area contributed by atoms with Crippen molar-refractivity contribution >= 4 is 0 Å². The largest absolute Gasteiger partial charge is 0.497 e. The van der Waals surface area contributed by atoms with Crippen molar-refractivity contribution in [2.45, 2.75) is 19.8 Å². The molecular formula is C29H27F3O2. The summed E-state index contributed by atoms with van der Waals surface area (Å²) in [4.78, 5) is 0. The van der Waals surface area contributed by atoms with Crippen molar-refractivity contribution in [2.24, 2.45) is 0 Å². The monoisotopic (exact) mass is 464 g/mol. The minimum absolute atomic E-state index is 0.0136. The Labute approximate surface area is 198 Å². The smallest absolute Gasteiger partial charge is 0.167 e. The Kier molecular flexibility index (Phi) is 8.36. The van der Waals surface area contributed by atoms with Gasteiger partial charge in [-0.1, -0.05) is 67.3 Å². The highest BCUT2D eigenvalue weighted by molar-refractivity contribution is 5.72. The van der Waals surface area contributed by atoms with Crippen LogP contribution in [0.15, 0.2) is 97.1 Å². The zero-order valence-electron chi connectivity index (χ0n) is 19.3. The van der Waals surface area contributed by atoms with Gasteiger partial charge in [-0.3, -0.25) is 0 Å². The summed E-state index contributed by atoms with van der Waals surface area (Å²) >= 11 is 0. The first-order chi connectivity index (χ1) is 16.3. The number of halogens is 3. The molecule has 0 bridgehead atoms. The summed E-state index contributed by atoms with van der Waals surface area (Å²) in [6.07, 6.45) is 2.47. The summed E-state index contributed by atoms with van der Waals surface area (Å²) in [6.45, 7) is 9.50. The quantitative estimate of drug-likeness (QED) is 0.222. The van der Waals surface area contributed by atoms with E-state index in [1.54, 1.807) is 62.6 Å². The van der Waals surface area contributed by atoms with Crippen molar-refractivity contribution in [3.05, 3.63) is 114 Å². The topological polar surface area (TPSA) is 18.5 Å². The van der Waals surface area contributed by atoms with Crippen molar-refractivity contribution in [1.29, 1.82) is 0 Å². The number of ether oxygens (including phenoxy) is 2. The van der Waals surface area contributed by atoms with E-state index < -0.39 is 17.5 Å². The van der Waals surface area contributed by atoms with Crippen LogP contribution in [-0.2, 0) is 11.2 Å². The third kappa shape index (κ3) is 5.98. The van der Waals surface area contributed by atoms with Gasteiger partial charge in [0.1, 0.15) is 11.5 Å². The number of allylic oxidation sites excluding steroid dienone is 3. The lowest BCUT2D eigenvalue weighted by molar-refractivity contribution is 0.226. The highest BCUT2D eigenvalue weighted by Crippen LogP contribution is 2.32. The van der Waals surface area contributed by atoms with Crippen LogP contribution in [0.25, 0.3) is 22.3 Å². The Hall–Kier alpha value is -3.73. The molecule has 0 saturated heterocycles. The Morgan fingerprint density at radius 3 is 1.88 bits per heavy atom. The molecule has 0 amide bonds. The van der Waals surface area contributed by atoms with Gasteiger partial charge >= 0.3 is 0 Å². The van der Waals surface area contributed by atoms with E-state index in [0.717, 1.165) is 5.56 Å². The minimum Gasteiger partial charge on any atom is -0.497 e. The molecule has 2 nitrogen and oxygen atoms in total. The van der Waals surface area contributed by atoms with Crippen LogP contribution in [-0.4, -0.2) is 13.7 Å². The molecule has 3 aromatic rings. The van der Waals surface area contributed by atoms with Crippen LogP contribution in [0, 0.1) is 11.6 Å². The maximum absolute atomic E-state index is 14.9. The van der Waals surface area contributed by atoms with Gasteiger partial charge in [0, 0.05) is 11.1 Å². The van der Waals surface area contributed by atoms with Gasteiger partial charge in [-0.25, -0.2) is 13.2 Å². The van der Waals surface area contributed by atoms with Crippen LogP contribution in [0.4, 0.5) is 13.2 Å². The molecule has 0 aliphatic carbocycles. The zero-order valence-corrected chi connectivity index (χ0v) is 19.3. The van der Waals surface area contributed by atoms with Gasteiger partial charge in [-0.05, 0) is 54.7 Å². The Morgan fingerprint density at radius 2 is 1.38 bits per heavy atom. The van der Waals surface area contributed by atoms with Crippen LogP contribution in [0.2, 0.25) is 0 Å². The van der Waals surface area contributed by atoms with Crippen molar-refractivity contribution in [3.8, 4) is 28.0 Å². The van der Waals surface area contributed by atoms with Gasteiger partial charge in [0.05, 0.1) is 13.7 Å². The summed E-state index contributed by atoms with van der Waals surface area (Å²) in [7, 11) is 1.55. The molecule has 3 rings (SSSR count). The molecule has 0 unspecified atom stereocenters. The molecule has 3 aromatic carbocycles. The molecule has 0 saturated carbocycles. The fourth-order valence-corrected chi connectivity index (χ4v) is 3.50. The third-order valence-electron chi connectivity index (χ3n) is 5.40. The van der Waals surface area contributed by atoms with E-state index in [2.05, 4.69) is 13.2 Å². The predicted octanol–water partition coefficient (Wildman–Crippen LogP) is 8.20. The van der Waals surface area contributed by atoms with Gasteiger partial charge in [0.25, 0.3) is 0 Å². The normalized spacial score (nSPS) is 11.3. The second kappa shape index (κ2) is 11.4. The number of methoxy groups -OCH3 is 1. The van der Waals surface area contributed by atoms with E-state index in [0.29, 0.717) is 41.9 Å². The molecule has 0 aromatic heterocycles. The molecule has 0 fully saturated rings. The lowest BCUT2D eigenvalue weighted by atomic mass is 9.97. The lowest BCUT2D eigenvalue weighted by Gasteiger charge is -2.10. The molecule has 0 heterocycles. The maximum atomic E-state index is 14.9. The second-order valence-corrected chi connectivity index (χ2v) is 7.72. The molecule has 0 aliphatic rings. The van der Waals surface area contributed by atoms with Gasteiger partial charge in [0.15, 0.2) is 17.5 Å². The third-order valence-corrected chi connectivity index (χ3v) is 5.40. The molecule has 0 N–H and O–H groups in total. The summed E-state index contributed by atoms with van der Waals surface area (Å²) < 4.78 is 53.8. The standard InChI is InChI=1S/C29H27F3O2/c1-5-34-20(3)27(30)18-19(2)6-7-21-8-10-22(11-9-21)25-16-17-26(29(32)28(25)31)23-12-14-24(33-4)15-13-23/h8-18H,2-3,5-7H2,1,4H3/b27-18+. The van der Waals surface area contributed by atoms with E-state index in [9.17, 15) is 13.2 Å². The summed E-state index contributed by atoms with van der Waals surface area (Å²) in [6, 6.07) is 17.1. The van der Waals surface area contributed by atoms with Crippen molar-refractivity contribution in [1.82, 2.24) is 0 Å². The van der Waals surface area contributed by atoms with Gasteiger partial charge < -0.3 is 9.47 Å². The molecule has 176 valence electrons. The summed E-state index contributed by atoms with van der Waals surface area (Å²) in [5, 5.41) is 0. The highest BCUT2D eigenvalue weighted by Gasteiger charge is 2.16. The van der Waals surface area contributed by atoms with Crippen LogP contribution >= 0.6 is 0 Å². The van der Waals surface area contributed by atoms with Crippen LogP contribution < -0.4 is 4.74 Å². The fraction of sp³-hybridized carbons (Fsp3) is 0.172. The predicted molar refractivity (Wildman–Crippen MR) is 131 cm³/mol. The van der Waals surface area contributed by atoms with Gasteiger partial charge in [0.2, 0.25) is 0 Å². The van der Waals surface area contributed by atoms with Crippen molar-refractivity contribution in [2.75, 3.05) is 13.7 Å². The van der Waals surface area contributed by atoms with E-state index in [4.69, 9.17) is 9.47 Å². The van der Waals surface area contributed by atoms with E-state index in [1.807, 2.05) is 12.1 Å². The molecule has 0 radical (unpaired) electrons. The highest BCUT2D eigenvalue weighted by atomic mass is 19.2. The fourth-order valence-electron chi connectivity index (χ4n) is 3.50. The molecular weight excluding hydrogens is 437 g/mol. The number of hydrogen-bond donors (Lipinski definition) is 0. The summed E-state index contributed by atoms with van der Waals surface area (Å²) in [5.41, 5.74) is 3.08. The van der Waals surface area contributed by atoms with Gasteiger partial charge in [-0.15, -0.1) is 0 Å². The van der Waals surface area contributed by atoms with Crippen LogP contribution in [0.1, 0.15) is 18.9 Å². The van der Waals surface area contributed by atoms with Crippen molar-refractivity contribution < 1.29 is 22.6 Å². The molecule has 0 spiro atoms. The van der Waals surface area contributed by atoms with Gasteiger partial charge in [-0.2, -0.15) is 0 Å². The Morgan fingerprint density at radius 1 is 0.853 bits per heavy atom. The maximum Gasteiger partial charge on any atom is 0.167 e. The molecule has 5 heteroatoms. The average molecular weight is 465 g/mol. The Balaban J connectivity index is 1.70. The molecule has 34 heavy (non-hydrogen) atoms. The van der Waals surface area contributed by atoms with E-state index in [-0.39, 0.29) is 16.9 Å². The first-order valence-electron chi connectivity index (χ1n) is 10.9. The number of aryl methyl sites for hydroxylation is 1. The van der Waals surface area contributed by atoms with E-state index >= 15 is 0 Å². The SMILES string of the molecule is C=C(/C=C(/F)C(=C)OCC)CCc1ccc(-c2ccc(-c3ccc(OC)cc3)c(F)c2F)cc1.